The second kappa shape index (κ2) is 6.39. The SMILES string of the molecule is O=C(NCC1CCCCC1Cl)c1ccc2nccnc2c1. The molecule has 1 aromatic heterocycles. The number of alkyl halides is 1. The minimum Gasteiger partial charge on any atom is -0.352 e. The highest BCUT2D eigenvalue weighted by molar-refractivity contribution is 6.20. The second-order valence-corrected chi connectivity index (χ2v) is 6.09. The lowest BCUT2D eigenvalue weighted by molar-refractivity contribution is 0.0944. The molecule has 2 atom stereocenters. The Morgan fingerprint density at radius 2 is 1.95 bits per heavy atom. The highest BCUT2D eigenvalue weighted by Gasteiger charge is 2.23. The van der Waals surface area contributed by atoms with Gasteiger partial charge in [0.1, 0.15) is 0 Å². The minimum atomic E-state index is -0.0722. The van der Waals surface area contributed by atoms with Crippen LogP contribution >= 0.6 is 11.6 Å². The number of nitrogens with one attached hydrogen (secondary N) is 1. The molecule has 1 saturated carbocycles. The summed E-state index contributed by atoms with van der Waals surface area (Å²) in [6, 6.07) is 5.38. The number of carbonyl (C=O) groups excluding carboxylic acids is 1. The first-order chi connectivity index (χ1) is 10.2. The number of carbonyl (C=O) groups is 1. The van der Waals surface area contributed by atoms with Crippen LogP contribution in [0, 0.1) is 5.92 Å². The zero-order valence-electron chi connectivity index (χ0n) is 11.8. The highest BCUT2D eigenvalue weighted by Crippen LogP contribution is 2.28. The average molecular weight is 304 g/mol. The summed E-state index contributed by atoms with van der Waals surface area (Å²) in [6.07, 6.45) is 7.82. The van der Waals surface area contributed by atoms with Gasteiger partial charge in [-0.25, -0.2) is 0 Å². The molecule has 4 nitrogen and oxygen atoms in total. The number of hydrogen-bond acceptors (Lipinski definition) is 3. The molecular formula is C16H18ClN3O. The van der Waals surface area contributed by atoms with Crippen LogP contribution in [0.2, 0.25) is 0 Å². The minimum absolute atomic E-state index is 0.0722. The molecule has 1 aromatic carbocycles. The maximum Gasteiger partial charge on any atom is 0.251 e. The van der Waals surface area contributed by atoms with Gasteiger partial charge in [-0.05, 0) is 37.0 Å². The Kier molecular flexibility index (Phi) is 4.34. The van der Waals surface area contributed by atoms with E-state index < -0.39 is 0 Å². The van der Waals surface area contributed by atoms with E-state index in [1.54, 1.807) is 24.5 Å². The Morgan fingerprint density at radius 1 is 1.19 bits per heavy atom. The molecule has 1 heterocycles. The van der Waals surface area contributed by atoms with Crippen molar-refractivity contribution in [3.63, 3.8) is 0 Å². The summed E-state index contributed by atoms with van der Waals surface area (Å²) in [4.78, 5) is 20.7. The Morgan fingerprint density at radius 3 is 2.76 bits per heavy atom. The summed E-state index contributed by atoms with van der Waals surface area (Å²) >= 11 is 6.32. The van der Waals surface area contributed by atoms with Crippen LogP contribution in [-0.4, -0.2) is 27.8 Å². The summed E-state index contributed by atoms with van der Waals surface area (Å²) in [5.41, 5.74) is 2.14. The van der Waals surface area contributed by atoms with Gasteiger partial charge >= 0.3 is 0 Å². The molecule has 1 N–H and O–H groups in total. The van der Waals surface area contributed by atoms with Crippen LogP contribution in [0.1, 0.15) is 36.0 Å². The molecule has 0 spiro atoms. The number of rotatable bonds is 3. The Bertz CT molecular complexity index is 646. The van der Waals surface area contributed by atoms with E-state index in [1.807, 2.05) is 6.07 Å². The molecule has 5 heteroatoms. The molecule has 0 saturated heterocycles. The van der Waals surface area contributed by atoms with Gasteiger partial charge in [-0.1, -0.05) is 12.8 Å². The topological polar surface area (TPSA) is 54.9 Å². The third-order valence-electron chi connectivity index (χ3n) is 4.07. The van der Waals surface area contributed by atoms with Crippen molar-refractivity contribution in [3.8, 4) is 0 Å². The van der Waals surface area contributed by atoms with Gasteiger partial charge in [0.25, 0.3) is 5.91 Å². The molecule has 1 aliphatic rings. The summed E-state index contributed by atoms with van der Waals surface area (Å²) in [7, 11) is 0. The van der Waals surface area contributed by atoms with E-state index in [4.69, 9.17) is 11.6 Å². The van der Waals surface area contributed by atoms with Crippen molar-refractivity contribution in [3.05, 3.63) is 36.2 Å². The van der Waals surface area contributed by atoms with E-state index in [2.05, 4.69) is 15.3 Å². The van der Waals surface area contributed by atoms with Gasteiger partial charge in [-0.3, -0.25) is 14.8 Å². The third-order valence-corrected chi connectivity index (χ3v) is 4.65. The predicted octanol–water partition coefficient (Wildman–Crippen LogP) is 3.16. The first-order valence-electron chi connectivity index (χ1n) is 7.37. The van der Waals surface area contributed by atoms with Crippen molar-refractivity contribution in [1.29, 1.82) is 0 Å². The van der Waals surface area contributed by atoms with Gasteiger partial charge in [0, 0.05) is 29.9 Å². The number of amides is 1. The van der Waals surface area contributed by atoms with E-state index in [9.17, 15) is 4.79 Å². The molecule has 0 radical (unpaired) electrons. The molecule has 0 aliphatic heterocycles. The van der Waals surface area contributed by atoms with E-state index in [-0.39, 0.29) is 11.3 Å². The van der Waals surface area contributed by atoms with Crippen LogP contribution in [0.4, 0.5) is 0 Å². The lowest BCUT2D eigenvalue weighted by atomic mass is 9.88. The van der Waals surface area contributed by atoms with Crippen LogP contribution < -0.4 is 5.32 Å². The molecule has 2 unspecified atom stereocenters. The molecule has 2 aromatic rings. The van der Waals surface area contributed by atoms with Crippen LogP contribution in [0.15, 0.2) is 30.6 Å². The van der Waals surface area contributed by atoms with E-state index in [0.717, 1.165) is 23.9 Å². The quantitative estimate of drug-likeness (QED) is 0.886. The summed E-state index contributed by atoms with van der Waals surface area (Å²) < 4.78 is 0. The predicted molar refractivity (Wildman–Crippen MR) is 83.5 cm³/mol. The van der Waals surface area contributed by atoms with Gasteiger partial charge in [0.2, 0.25) is 0 Å². The van der Waals surface area contributed by atoms with Gasteiger partial charge in [-0.15, -0.1) is 11.6 Å². The molecule has 1 amide bonds. The molecule has 0 bridgehead atoms. The van der Waals surface area contributed by atoms with Crippen LogP contribution in [0.5, 0.6) is 0 Å². The molecule has 3 rings (SSSR count). The smallest absolute Gasteiger partial charge is 0.251 e. The van der Waals surface area contributed by atoms with E-state index >= 15 is 0 Å². The second-order valence-electron chi connectivity index (χ2n) is 5.53. The zero-order valence-corrected chi connectivity index (χ0v) is 12.5. The van der Waals surface area contributed by atoms with Gasteiger partial charge in [0.05, 0.1) is 11.0 Å². The molecule has 21 heavy (non-hydrogen) atoms. The summed E-state index contributed by atoms with van der Waals surface area (Å²) in [5, 5.41) is 3.17. The molecule has 110 valence electrons. The van der Waals surface area contributed by atoms with E-state index in [0.29, 0.717) is 18.0 Å². The van der Waals surface area contributed by atoms with Crippen molar-refractivity contribution >= 4 is 28.5 Å². The highest BCUT2D eigenvalue weighted by atomic mass is 35.5. The van der Waals surface area contributed by atoms with Crippen molar-refractivity contribution in [2.75, 3.05) is 6.54 Å². The fraction of sp³-hybridized carbons (Fsp3) is 0.438. The lowest BCUT2D eigenvalue weighted by Gasteiger charge is -2.27. The third kappa shape index (κ3) is 3.32. The number of aromatic nitrogens is 2. The summed E-state index contributed by atoms with van der Waals surface area (Å²) in [5.74, 6) is 0.307. The fourth-order valence-electron chi connectivity index (χ4n) is 2.82. The number of hydrogen-bond donors (Lipinski definition) is 1. The Balaban J connectivity index is 1.66. The number of benzene rings is 1. The van der Waals surface area contributed by atoms with Gasteiger partial charge in [-0.2, -0.15) is 0 Å². The van der Waals surface area contributed by atoms with Crippen molar-refractivity contribution in [1.82, 2.24) is 15.3 Å². The lowest BCUT2D eigenvalue weighted by Crippen LogP contribution is -2.34. The van der Waals surface area contributed by atoms with Crippen LogP contribution in [0.3, 0.4) is 0 Å². The first kappa shape index (κ1) is 14.3. The molecular weight excluding hydrogens is 286 g/mol. The Labute approximate surface area is 128 Å². The normalized spacial score (nSPS) is 22.1. The standard InChI is InChI=1S/C16H18ClN3O/c17-13-4-2-1-3-12(13)10-20-16(21)11-5-6-14-15(9-11)19-8-7-18-14/h5-9,12-13H,1-4,10H2,(H,20,21). The van der Waals surface area contributed by atoms with Gasteiger partial charge in [0.15, 0.2) is 0 Å². The summed E-state index contributed by atoms with van der Waals surface area (Å²) in [6.45, 7) is 0.644. The van der Waals surface area contributed by atoms with Crippen molar-refractivity contribution < 1.29 is 4.79 Å². The average Bonchev–Trinajstić information content (AvgIpc) is 2.53. The maximum absolute atomic E-state index is 12.2. The van der Waals surface area contributed by atoms with Crippen LogP contribution in [0.25, 0.3) is 11.0 Å². The molecule has 1 fully saturated rings. The van der Waals surface area contributed by atoms with Crippen LogP contribution in [-0.2, 0) is 0 Å². The Hall–Kier alpha value is -1.68. The largest absolute Gasteiger partial charge is 0.352 e. The fourth-order valence-corrected chi connectivity index (χ4v) is 3.19. The van der Waals surface area contributed by atoms with Crippen molar-refractivity contribution in [2.45, 2.75) is 31.1 Å². The van der Waals surface area contributed by atoms with Gasteiger partial charge < -0.3 is 5.32 Å². The maximum atomic E-state index is 12.2. The number of nitrogens with zero attached hydrogens (tertiary/aromatic N) is 2. The van der Waals surface area contributed by atoms with Crippen molar-refractivity contribution in [2.24, 2.45) is 5.92 Å². The van der Waals surface area contributed by atoms with E-state index in [1.165, 1.54) is 12.8 Å². The number of halogens is 1. The first-order valence-corrected chi connectivity index (χ1v) is 7.81. The zero-order chi connectivity index (χ0) is 14.7. The molecule has 1 aliphatic carbocycles. The number of fused-ring (bicyclic) bond motifs is 1. The monoisotopic (exact) mass is 303 g/mol.